The Bertz CT molecular complexity index is 551. The second-order valence-electron chi connectivity index (χ2n) is 3.76. The van der Waals surface area contributed by atoms with Gasteiger partial charge in [0.25, 0.3) is 0 Å². The Balaban J connectivity index is 2.11. The van der Waals surface area contributed by atoms with Crippen molar-refractivity contribution >= 4 is 17.0 Å². The lowest BCUT2D eigenvalue weighted by atomic mass is 10.1. The number of aliphatic carboxylic acids is 1. The van der Waals surface area contributed by atoms with Crippen LogP contribution in [0, 0.1) is 0 Å². The average molecular weight is 240 g/mol. The zero-order chi connectivity index (χ0) is 12.5. The van der Waals surface area contributed by atoms with Crippen LogP contribution in [0.1, 0.15) is 12.0 Å². The number of alkyl halides is 2. The van der Waals surface area contributed by atoms with Crippen molar-refractivity contribution in [3.63, 3.8) is 0 Å². The van der Waals surface area contributed by atoms with Crippen molar-refractivity contribution in [3.8, 4) is 0 Å². The molecule has 2 N–H and O–H groups in total. The molecule has 0 bridgehead atoms. The number of nitrogens with zero attached hydrogens (tertiary/aromatic N) is 1. The van der Waals surface area contributed by atoms with Gasteiger partial charge in [-0.25, -0.2) is 9.78 Å². The molecular formula is C11H10F2N2O2. The Morgan fingerprint density at radius 1 is 1.47 bits per heavy atom. The van der Waals surface area contributed by atoms with E-state index in [1.807, 2.05) is 0 Å². The Kier molecular flexibility index (Phi) is 2.79. The maximum atomic E-state index is 12.9. The molecule has 0 radical (unpaired) electrons. The van der Waals surface area contributed by atoms with Crippen LogP contribution in [-0.4, -0.2) is 27.0 Å². The Morgan fingerprint density at radius 3 is 2.94 bits per heavy atom. The fraction of sp³-hybridized carbons (Fsp3) is 0.273. The minimum Gasteiger partial charge on any atom is -0.477 e. The van der Waals surface area contributed by atoms with Gasteiger partial charge in [0.1, 0.15) is 0 Å². The molecule has 0 amide bonds. The van der Waals surface area contributed by atoms with Gasteiger partial charge in [-0.2, -0.15) is 8.78 Å². The standard InChI is InChI=1S/C11H10F2N2O2/c12-11(13,10(16)17)4-3-7-1-2-8-9(5-7)15-6-14-8/h1-2,5-6H,3-4H2,(H,14,15)(H,16,17). The lowest BCUT2D eigenvalue weighted by Crippen LogP contribution is -2.28. The highest BCUT2D eigenvalue weighted by Crippen LogP contribution is 2.22. The predicted molar refractivity (Wildman–Crippen MR) is 57.0 cm³/mol. The summed E-state index contributed by atoms with van der Waals surface area (Å²) in [7, 11) is 0. The first-order valence-corrected chi connectivity index (χ1v) is 5.02. The highest BCUT2D eigenvalue weighted by molar-refractivity contribution is 5.76. The smallest absolute Gasteiger partial charge is 0.374 e. The number of aromatic nitrogens is 2. The van der Waals surface area contributed by atoms with Crippen LogP contribution in [0.2, 0.25) is 0 Å². The number of benzene rings is 1. The number of rotatable bonds is 4. The van der Waals surface area contributed by atoms with Crippen molar-refractivity contribution in [2.24, 2.45) is 0 Å². The van der Waals surface area contributed by atoms with Crippen molar-refractivity contribution < 1.29 is 18.7 Å². The molecule has 0 spiro atoms. The number of carbonyl (C=O) groups is 1. The molecule has 1 heterocycles. The molecule has 0 aliphatic carbocycles. The van der Waals surface area contributed by atoms with Crippen molar-refractivity contribution in [3.05, 3.63) is 30.1 Å². The van der Waals surface area contributed by atoms with Gasteiger partial charge in [-0.15, -0.1) is 0 Å². The first-order valence-electron chi connectivity index (χ1n) is 5.02. The molecule has 0 saturated carbocycles. The van der Waals surface area contributed by atoms with E-state index in [9.17, 15) is 13.6 Å². The number of imidazole rings is 1. The highest BCUT2D eigenvalue weighted by atomic mass is 19.3. The van der Waals surface area contributed by atoms with Crippen LogP contribution >= 0.6 is 0 Å². The summed E-state index contributed by atoms with van der Waals surface area (Å²) in [5.41, 5.74) is 2.16. The monoisotopic (exact) mass is 240 g/mol. The molecule has 1 aromatic heterocycles. The van der Waals surface area contributed by atoms with Crippen LogP contribution in [0.5, 0.6) is 0 Å². The molecule has 0 atom stereocenters. The molecule has 17 heavy (non-hydrogen) atoms. The molecule has 1 aromatic carbocycles. The fourth-order valence-electron chi connectivity index (χ4n) is 1.55. The third-order valence-corrected chi connectivity index (χ3v) is 2.53. The highest BCUT2D eigenvalue weighted by Gasteiger charge is 2.37. The third-order valence-electron chi connectivity index (χ3n) is 2.53. The number of hydrogen-bond donors (Lipinski definition) is 2. The van der Waals surface area contributed by atoms with Gasteiger partial charge in [0, 0.05) is 6.42 Å². The van der Waals surface area contributed by atoms with Gasteiger partial charge in [-0.05, 0) is 24.1 Å². The number of H-pyrrole nitrogens is 1. The third kappa shape index (κ3) is 2.41. The van der Waals surface area contributed by atoms with Crippen molar-refractivity contribution in [2.75, 3.05) is 0 Å². The molecule has 0 aliphatic rings. The normalized spacial score (nSPS) is 11.9. The number of carboxylic acids is 1. The number of carboxylic acid groups (broad SMARTS) is 1. The summed E-state index contributed by atoms with van der Waals surface area (Å²) < 4.78 is 25.7. The van der Waals surface area contributed by atoms with E-state index in [1.165, 1.54) is 6.33 Å². The molecule has 90 valence electrons. The SMILES string of the molecule is O=C(O)C(F)(F)CCc1ccc2nc[nH]c2c1. The molecule has 0 aliphatic heterocycles. The number of fused-ring (bicyclic) bond motifs is 1. The summed E-state index contributed by atoms with van der Waals surface area (Å²) in [5, 5.41) is 8.29. The van der Waals surface area contributed by atoms with E-state index < -0.39 is 18.3 Å². The van der Waals surface area contributed by atoms with Crippen molar-refractivity contribution in [1.82, 2.24) is 9.97 Å². The Morgan fingerprint density at radius 2 is 2.24 bits per heavy atom. The molecule has 0 saturated heterocycles. The van der Waals surface area contributed by atoms with E-state index in [4.69, 9.17) is 5.11 Å². The number of aryl methyl sites for hydroxylation is 1. The van der Waals surface area contributed by atoms with Crippen LogP contribution in [-0.2, 0) is 11.2 Å². The first kappa shape index (κ1) is 11.5. The van der Waals surface area contributed by atoms with E-state index >= 15 is 0 Å². The van der Waals surface area contributed by atoms with Crippen LogP contribution in [0.25, 0.3) is 11.0 Å². The van der Waals surface area contributed by atoms with Gasteiger partial charge in [-0.3, -0.25) is 0 Å². The Hall–Kier alpha value is -1.98. The molecule has 2 rings (SSSR count). The van der Waals surface area contributed by atoms with E-state index in [0.29, 0.717) is 5.56 Å². The summed E-state index contributed by atoms with van der Waals surface area (Å²) >= 11 is 0. The topological polar surface area (TPSA) is 66.0 Å². The Labute approximate surface area is 95.3 Å². The second kappa shape index (κ2) is 4.12. The summed E-state index contributed by atoms with van der Waals surface area (Å²) in [6.07, 6.45) is 0.816. The summed E-state index contributed by atoms with van der Waals surface area (Å²) in [6.45, 7) is 0. The van der Waals surface area contributed by atoms with Gasteiger partial charge < -0.3 is 10.1 Å². The van der Waals surface area contributed by atoms with Crippen LogP contribution in [0.15, 0.2) is 24.5 Å². The van der Waals surface area contributed by atoms with Gasteiger partial charge in [0.2, 0.25) is 0 Å². The summed E-state index contributed by atoms with van der Waals surface area (Å²) in [6, 6.07) is 5.07. The lowest BCUT2D eigenvalue weighted by molar-refractivity contribution is -0.165. The molecular weight excluding hydrogens is 230 g/mol. The fourth-order valence-corrected chi connectivity index (χ4v) is 1.55. The van der Waals surface area contributed by atoms with Gasteiger partial charge in [0.15, 0.2) is 0 Å². The van der Waals surface area contributed by atoms with Crippen molar-refractivity contribution in [1.29, 1.82) is 0 Å². The number of halogens is 2. The number of aromatic amines is 1. The average Bonchev–Trinajstić information content (AvgIpc) is 2.73. The zero-order valence-electron chi connectivity index (χ0n) is 8.78. The minimum atomic E-state index is -3.68. The van der Waals surface area contributed by atoms with E-state index in [-0.39, 0.29) is 6.42 Å². The van der Waals surface area contributed by atoms with E-state index in [0.717, 1.165) is 11.0 Å². The molecule has 6 heteroatoms. The van der Waals surface area contributed by atoms with Crippen LogP contribution in [0.3, 0.4) is 0 Å². The molecule has 2 aromatic rings. The minimum absolute atomic E-state index is 0.00819. The number of nitrogens with one attached hydrogen (secondary N) is 1. The first-order chi connectivity index (χ1) is 7.99. The summed E-state index contributed by atoms with van der Waals surface area (Å²) in [4.78, 5) is 17.1. The van der Waals surface area contributed by atoms with E-state index in [2.05, 4.69) is 9.97 Å². The maximum absolute atomic E-state index is 12.9. The van der Waals surface area contributed by atoms with Crippen LogP contribution < -0.4 is 0 Å². The second-order valence-corrected chi connectivity index (χ2v) is 3.76. The van der Waals surface area contributed by atoms with Crippen molar-refractivity contribution in [2.45, 2.75) is 18.8 Å². The summed E-state index contributed by atoms with van der Waals surface area (Å²) in [5.74, 6) is -5.76. The maximum Gasteiger partial charge on any atom is 0.374 e. The zero-order valence-corrected chi connectivity index (χ0v) is 8.78. The molecule has 4 nitrogen and oxygen atoms in total. The lowest BCUT2D eigenvalue weighted by Gasteiger charge is -2.10. The van der Waals surface area contributed by atoms with Gasteiger partial charge >= 0.3 is 11.9 Å². The quantitative estimate of drug-likeness (QED) is 0.861. The molecule has 0 fully saturated rings. The largest absolute Gasteiger partial charge is 0.477 e. The molecule has 0 unspecified atom stereocenters. The van der Waals surface area contributed by atoms with E-state index in [1.54, 1.807) is 18.2 Å². The predicted octanol–water partition coefficient (Wildman–Crippen LogP) is 2.22. The van der Waals surface area contributed by atoms with Gasteiger partial charge in [-0.1, -0.05) is 6.07 Å². The number of hydrogen-bond acceptors (Lipinski definition) is 2. The van der Waals surface area contributed by atoms with Gasteiger partial charge in [0.05, 0.1) is 17.4 Å². The van der Waals surface area contributed by atoms with Crippen LogP contribution in [0.4, 0.5) is 8.78 Å².